The van der Waals surface area contributed by atoms with Crippen LogP contribution in [0, 0.1) is 5.92 Å². The Hall–Kier alpha value is -1.35. The van der Waals surface area contributed by atoms with Gasteiger partial charge < -0.3 is 10.3 Å². The lowest BCUT2D eigenvalue weighted by molar-refractivity contribution is 0.291. The highest BCUT2D eigenvalue weighted by atomic mass is 15.0. The first-order valence-corrected chi connectivity index (χ1v) is 6.51. The van der Waals surface area contributed by atoms with E-state index < -0.39 is 0 Å². The lowest BCUT2D eigenvalue weighted by Crippen LogP contribution is -2.29. The molecule has 1 unspecified atom stereocenters. The van der Waals surface area contributed by atoms with Gasteiger partial charge in [0, 0.05) is 0 Å². The van der Waals surface area contributed by atoms with E-state index in [1.807, 2.05) is 18.2 Å². The Morgan fingerprint density at radius 3 is 2.94 bits per heavy atom. The Balaban J connectivity index is 1.69. The molecule has 2 N–H and O–H groups in total. The van der Waals surface area contributed by atoms with Crippen LogP contribution in [-0.4, -0.2) is 16.5 Å². The summed E-state index contributed by atoms with van der Waals surface area (Å²) in [7, 11) is 0. The van der Waals surface area contributed by atoms with Crippen molar-refractivity contribution in [3.63, 3.8) is 0 Å². The zero-order valence-electron chi connectivity index (χ0n) is 10.2. The molecule has 2 aromatic rings. The monoisotopic (exact) mass is 229 g/mol. The van der Waals surface area contributed by atoms with Gasteiger partial charge in [0.15, 0.2) is 0 Å². The van der Waals surface area contributed by atoms with Crippen molar-refractivity contribution in [2.24, 2.45) is 5.92 Å². The lowest BCUT2D eigenvalue weighted by atomic mass is 9.85. The van der Waals surface area contributed by atoms with Crippen molar-refractivity contribution in [3.05, 3.63) is 30.1 Å². The molecule has 1 heterocycles. The van der Waals surface area contributed by atoms with Crippen molar-refractivity contribution in [3.8, 4) is 0 Å². The number of benzene rings is 1. The van der Waals surface area contributed by atoms with Crippen LogP contribution in [0.1, 0.15) is 38.1 Å². The minimum atomic E-state index is 0.308. The highest BCUT2D eigenvalue weighted by Gasteiger charge is 2.18. The molecule has 3 rings (SSSR count). The molecule has 17 heavy (non-hydrogen) atoms. The summed E-state index contributed by atoms with van der Waals surface area (Å²) in [5.41, 5.74) is 2.18. The lowest BCUT2D eigenvalue weighted by Gasteiger charge is -2.26. The van der Waals surface area contributed by atoms with Crippen molar-refractivity contribution in [2.45, 2.75) is 32.2 Å². The third-order valence-corrected chi connectivity index (χ3v) is 3.76. The van der Waals surface area contributed by atoms with E-state index in [0.29, 0.717) is 6.04 Å². The number of nitrogens with zero attached hydrogens (tertiary/aromatic N) is 1. The van der Waals surface area contributed by atoms with Crippen LogP contribution in [0.4, 0.5) is 0 Å². The third kappa shape index (κ3) is 2.20. The molecule has 1 atom stereocenters. The number of para-hydroxylation sites is 2. The molecule has 0 bridgehead atoms. The Bertz CT molecular complexity index is 466. The molecule has 90 valence electrons. The summed E-state index contributed by atoms with van der Waals surface area (Å²) in [6, 6.07) is 8.50. The Labute approximate surface area is 102 Å². The van der Waals surface area contributed by atoms with Gasteiger partial charge in [0.25, 0.3) is 0 Å². The maximum absolute atomic E-state index is 4.62. The molecular formula is C14H19N3. The molecule has 3 heteroatoms. The number of hydrogen-bond donors (Lipinski definition) is 2. The molecular weight excluding hydrogens is 210 g/mol. The Morgan fingerprint density at radius 1 is 1.41 bits per heavy atom. The van der Waals surface area contributed by atoms with Gasteiger partial charge in [0.1, 0.15) is 5.82 Å². The van der Waals surface area contributed by atoms with Crippen LogP contribution in [0.25, 0.3) is 11.0 Å². The standard InChI is InChI=1S/C14H19N3/c1-10(15-9-11-5-4-6-11)14-16-12-7-2-3-8-13(12)17-14/h2-3,7-8,10-11,15H,4-6,9H2,1H3,(H,16,17). The molecule has 0 amide bonds. The van der Waals surface area contributed by atoms with Crippen molar-refractivity contribution < 1.29 is 0 Å². The summed E-state index contributed by atoms with van der Waals surface area (Å²) < 4.78 is 0. The molecule has 0 spiro atoms. The van der Waals surface area contributed by atoms with Crippen LogP contribution in [0.5, 0.6) is 0 Å². The normalized spacial score (nSPS) is 18.2. The largest absolute Gasteiger partial charge is 0.341 e. The van der Waals surface area contributed by atoms with Gasteiger partial charge in [-0.15, -0.1) is 0 Å². The first-order valence-electron chi connectivity index (χ1n) is 6.51. The van der Waals surface area contributed by atoms with Crippen LogP contribution in [0.2, 0.25) is 0 Å². The zero-order chi connectivity index (χ0) is 11.7. The highest BCUT2D eigenvalue weighted by Crippen LogP contribution is 2.26. The molecule has 0 saturated heterocycles. The second-order valence-corrected chi connectivity index (χ2v) is 5.07. The van der Waals surface area contributed by atoms with Gasteiger partial charge >= 0.3 is 0 Å². The molecule has 0 aliphatic heterocycles. The SMILES string of the molecule is CC(NCC1CCC1)c1nc2ccccc2[nH]1. The number of aromatic amines is 1. The van der Waals surface area contributed by atoms with E-state index in [1.54, 1.807) is 0 Å². The summed E-state index contributed by atoms with van der Waals surface area (Å²) >= 11 is 0. The van der Waals surface area contributed by atoms with Crippen LogP contribution in [-0.2, 0) is 0 Å². The molecule has 1 saturated carbocycles. The summed E-state index contributed by atoms with van der Waals surface area (Å²) in [5.74, 6) is 1.94. The predicted molar refractivity (Wildman–Crippen MR) is 69.9 cm³/mol. The quantitative estimate of drug-likeness (QED) is 0.846. The number of H-pyrrole nitrogens is 1. The van der Waals surface area contributed by atoms with E-state index in [9.17, 15) is 0 Å². The Morgan fingerprint density at radius 2 is 2.24 bits per heavy atom. The fourth-order valence-corrected chi connectivity index (χ4v) is 2.31. The van der Waals surface area contributed by atoms with Crippen LogP contribution >= 0.6 is 0 Å². The molecule has 1 aromatic carbocycles. The van der Waals surface area contributed by atoms with E-state index in [0.717, 1.165) is 29.3 Å². The van der Waals surface area contributed by atoms with Gasteiger partial charge in [-0.05, 0) is 44.4 Å². The molecule has 1 aliphatic rings. The van der Waals surface area contributed by atoms with E-state index >= 15 is 0 Å². The minimum absolute atomic E-state index is 0.308. The van der Waals surface area contributed by atoms with Crippen LogP contribution < -0.4 is 5.32 Å². The number of imidazole rings is 1. The number of nitrogens with one attached hydrogen (secondary N) is 2. The van der Waals surface area contributed by atoms with Crippen LogP contribution in [0.15, 0.2) is 24.3 Å². The second kappa shape index (κ2) is 4.49. The van der Waals surface area contributed by atoms with Gasteiger partial charge in [-0.25, -0.2) is 4.98 Å². The summed E-state index contributed by atoms with van der Waals surface area (Å²) in [6.45, 7) is 3.30. The average Bonchev–Trinajstić information content (AvgIpc) is 2.70. The highest BCUT2D eigenvalue weighted by molar-refractivity contribution is 5.74. The Kier molecular flexibility index (Phi) is 2.85. The molecule has 1 aliphatic carbocycles. The van der Waals surface area contributed by atoms with Gasteiger partial charge in [0.05, 0.1) is 17.1 Å². The smallest absolute Gasteiger partial charge is 0.124 e. The van der Waals surface area contributed by atoms with Gasteiger partial charge in [0.2, 0.25) is 0 Å². The minimum Gasteiger partial charge on any atom is -0.341 e. The maximum Gasteiger partial charge on any atom is 0.124 e. The summed E-state index contributed by atoms with van der Waals surface area (Å²) in [4.78, 5) is 8.00. The van der Waals surface area contributed by atoms with Crippen molar-refractivity contribution in [2.75, 3.05) is 6.54 Å². The summed E-state index contributed by atoms with van der Waals surface area (Å²) in [5, 5.41) is 3.57. The number of hydrogen-bond acceptors (Lipinski definition) is 2. The first kappa shape index (κ1) is 10.8. The zero-order valence-corrected chi connectivity index (χ0v) is 10.2. The van der Waals surface area contributed by atoms with Crippen LogP contribution in [0.3, 0.4) is 0 Å². The second-order valence-electron chi connectivity index (χ2n) is 5.07. The predicted octanol–water partition coefficient (Wildman–Crippen LogP) is 3.01. The third-order valence-electron chi connectivity index (χ3n) is 3.76. The van der Waals surface area contributed by atoms with Crippen molar-refractivity contribution in [1.82, 2.24) is 15.3 Å². The first-order chi connectivity index (χ1) is 8.33. The van der Waals surface area contributed by atoms with E-state index in [-0.39, 0.29) is 0 Å². The van der Waals surface area contributed by atoms with Gasteiger partial charge in [-0.2, -0.15) is 0 Å². The number of aromatic nitrogens is 2. The number of rotatable bonds is 4. The number of fused-ring (bicyclic) bond motifs is 1. The average molecular weight is 229 g/mol. The topological polar surface area (TPSA) is 40.7 Å². The fraction of sp³-hybridized carbons (Fsp3) is 0.500. The summed E-state index contributed by atoms with van der Waals surface area (Å²) in [6.07, 6.45) is 4.19. The van der Waals surface area contributed by atoms with E-state index in [1.165, 1.54) is 19.3 Å². The fourth-order valence-electron chi connectivity index (χ4n) is 2.31. The van der Waals surface area contributed by atoms with Crippen molar-refractivity contribution >= 4 is 11.0 Å². The molecule has 3 nitrogen and oxygen atoms in total. The molecule has 1 fully saturated rings. The van der Waals surface area contributed by atoms with E-state index in [4.69, 9.17) is 0 Å². The van der Waals surface area contributed by atoms with Crippen molar-refractivity contribution in [1.29, 1.82) is 0 Å². The molecule has 1 aromatic heterocycles. The molecule has 0 radical (unpaired) electrons. The maximum atomic E-state index is 4.62. The van der Waals surface area contributed by atoms with E-state index in [2.05, 4.69) is 28.3 Å². The van der Waals surface area contributed by atoms with Gasteiger partial charge in [-0.1, -0.05) is 18.6 Å². The van der Waals surface area contributed by atoms with Gasteiger partial charge in [-0.3, -0.25) is 0 Å².